The third-order valence-corrected chi connectivity index (χ3v) is 3.10. The minimum absolute atomic E-state index is 0.0683. The van der Waals surface area contributed by atoms with Crippen LogP contribution in [0.5, 0.6) is 0 Å². The summed E-state index contributed by atoms with van der Waals surface area (Å²) in [6.07, 6.45) is 7.69. The first-order chi connectivity index (χ1) is 7.57. The summed E-state index contributed by atoms with van der Waals surface area (Å²) in [5, 5.41) is -0.924. The van der Waals surface area contributed by atoms with E-state index in [1.807, 2.05) is 0 Å². The lowest BCUT2D eigenvalue weighted by Crippen LogP contribution is -2.11. The van der Waals surface area contributed by atoms with E-state index in [1.54, 1.807) is 0 Å². The van der Waals surface area contributed by atoms with Gasteiger partial charge in [0.05, 0.1) is 0 Å². The van der Waals surface area contributed by atoms with Crippen LogP contribution in [0.2, 0.25) is 0 Å². The summed E-state index contributed by atoms with van der Waals surface area (Å²) in [6, 6.07) is 0. The second-order valence-electron chi connectivity index (χ2n) is 4.12. The molecule has 0 bridgehead atoms. The summed E-state index contributed by atoms with van der Waals surface area (Å²) in [5.74, 6) is -0.391. The zero-order chi connectivity index (χ0) is 12.4. The van der Waals surface area contributed by atoms with Crippen LogP contribution in [0.15, 0.2) is 0 Å². The zero-order valence-electron chi connectivity index (χ0n) is 9.81. The summed E-state index contributed by atoms with van der Waals surface area (Å²) < 4.78 is 0. The van der Waals surface area contributed by atoms with Gasteiger partial charge in [0, 0.05) is 12.3 Å². The number of rotatable bonds is 10. The first-order valence-corrected chi connectivity index (χ1v) is 6.71. The molecule has 0 aliphatic carbocycles. The van der Waals surface area contributed by atoms with E-state index < -0.39 is 16.4 Å². The van der Waals surface area contributed by atoms with Crippen LogP contribution in [0.25, 0.3) is 0 Å². The maximum Gasteiger partial charge on any atom is 0.225 e. The number of hydrogen-bond donors (Lipinski definition) is 0. The minimum atomic E-state index is -0.481. The summed E-state index contributed by atoms with van der Waals surface area (Å²) >= 11 is 10.6. The van der Waals surface area contributed by atoms with E-state index in [1.165, 1.54) is 25.7 Å². The van der Waals surface area contributed by atoms with E-state index in [9.17, 15) is 9.59 Å². The molecule has 0 saturated heterocycles. The van der Waals surface area contributed by atoms with Gasteiger partial charge in [-0.1, -0.05) is 45.4 Å². The average Bonchev–Trinajstić information content (AvgIpc) is 2.20. The summed E-state index contributed by atoms with van der Waals surface area (Å²) in [6.45, 7) is 2.17. The van der Waals surface area contributed by atoms with Crippen LogP contribution in [-0.2, 0) is 9.59 Å². The van der Waals surface area contributed by atoms with E-state index in [-0.39, 0.29) is 6.42 Å². The van der Waals surface area contributed by atoms with Gasteiger partial charge in [0.25, 0.3) is 0 Å². The molecule has 94 valence electrons. The zero-order valence-corrected chi connectivity index (χ0v) is 11.3. The van der Waals surface area contributed by atoms with E-state index >= 15 is 0 Å². The molecule has 0 N–H and O–H groups in total. The smallest absolute Gasteiger partial charge is 0.225 e. The van der Waals surface area contributed by atoms with Crippen molar-refractivity contribution in [2.75, 3.05) is 0 Å². The summed E-state index contributed by atoms with van der Waals surface area (Å²) in [7, 11) is 0. The highest BCUT2D eigenvalue weighted by molar-refractivity contribution is 6.66. The van der Waals surface area contributed by atoms with Crippen molar-refractivity contribution in [3.63, 3.8) is 0 Å². The van der Waals surface area contributed by atoms with Gasteiger partial charge in [-0.15, -0.1) is 0 Å². The second kappa shape index (κ2) is 10.1. The SMILES string of the molecule is CCCCCCCCC(CC(=O)Cl)C(=O)Cl. The first-order valence-electron chi connectivity index (χ1n) is 5.95. The monoisotopic (exact) mass is 266 g/mol. The molecular formula is C12H20Cl2O2. The van der Waals surface area contributed by atoms with Crippen molar-refractivity contribution in [1.29, 1.82) is 0 Å². The van der Waals surface area contributed by atoms with Gasteiger partial charge >= 0.3 is 0 Å². The molecule has 0 aliphatic rings. The molecule has 0 spiro atoms. The number of halogens is 2. The Bertz CT molecular complexity index is 217. The van der Waals surface area contributed by atoms with Crippen molar-refractivity contribution in [3.8, 4) is 0 Å². The Morgan fingerprint density at radius 3 is 2.06 bits per heavy atom. The second-order valence-corrected chi connectivity index (χ2v) is 4.91. The first kappa shape index (κ1) is 15.9. The molecule has 0 aromatic rings. The molecule has 0 rings (SSSR count). The van der Waals surface area contributed by atoms with Gasteiger partial charge in [0.1, 0.15) is 0 Å². The molecule has 0 aromatic heterocycles. The lowest BCUT2D eigenvalue weighted by molar-refractivity contribution is -0.120. The van der Waals surface area contributed by atoms with Crippen LogP contribution >= 0.6 is 23.2 Å². The highest BCUT2D eigenvalue weighted by Crippen LogP contribution is 2.19. The Balaban J connectivity index is 3.60. The molecule has 1 atom stereocenters. The fourth-order valence-corrected chi connectivity index (χ4v) is 2.03. The number of hydrogen-bond acceptors (Lipinski definition) is 2. The predicted molar refractivity (Wildman–Crippen MR) is 67.8 cm³/mol. The van der Waals surface area contributed by atoms with Gasteiger partial charge < -0.3 is 0 Å². The van der Waals surface area contributed by atoms with Gasteiger partial charge in [0.15, 0.2) is 0 Å². The Labute approximate surface area is 108 Å². The maximum atomic E-state index is 11.0. The summed E-state index contributed by atoms with van der Waals surface area (Å²) in [5.41, 5.74) is 0. The Kier molecular flexibility index (Phi) is 10.0. The number of carbonyl (C=O) groups excluding carboxylic acids is 2. The average molecular weight is 267 g/mol. The molecule has 0 fully saturated rings. The number of unbranched alkanes of at least 4 members (excludes halogenated alkanes) is 5. The van der Waals surface area contributed by atoms with Crippen LogP contribution < -0.4 is 0 Å². The van der Waals surface area contributed by atoms with Crippen molar-refractivity contribution < 1.29 is 9.59 Å². The molecule has 0 amide bonds. The Morgan fingerprint density at radius 2 is 1.56 bits per heavy atom. The minimum Gasteiger partial charge on any atom is -0.281 e. The van der Waals surface area contributed by atoms with Crippen LogP contribution in [0.4, 0.5) is 0 Å². The fourth-order valence-electron chi connectivity index (χ4n) is 1.66. The van der Waals surface area contributed by atoms with Crippen molar-refractivity contribution in [3.05, 3.63) is 0 Å². The van der Waals surface area contributed by atoms with Crippen molar-refractivity contribution in [1.82, 2.24) is 0 Å². The highest BCUT2D eigenvalue weighted by Gasteiger charge is 2.18. The molecular weight excluding hydrogens is 247 g/mol. The third kappa shape index (κ3) is 9.17. The van der Waals surface area contributed by atoms with Crippen molar-refractivity contribution >= 4 is 33.7 Å². The molecule has 0 heterocycles. The Morgan fingerprint density at radius 1 is 1.00 bits per heavy atom. The van der Waals surface area contributed by atoms with Crippen LogP contribution in [0.3, 0.4) is 0 Å². The van der Waals surface area contributed by atoms with Gasteiger partial charge in [-0.3, -0.25) is 9.59 Å². The summed E-state index contributed by atoms with van der Waals surface area (Å²) in [4.78, 5) is 21.7. The van der Waals surface area contributed by atoms with Gasteiger partial charge in [-0.2, -0.15) is 0 Å². The maximum absolute atomic E-state index is 11.0. The highest BCUT2D eigenvalue weighted by atomic mass is 35.5. The predicted octanol–water partition coefficient (Wildman–Crippen LogP) is 4.27. The molecule has 0 saturated carbocycles. The molecule has 4 heteroatoms. The van der Waals surface area contributed by atoms with E-state index in [0.717, 1.165) is 12.8 Å². The molecule has 0 radical (unpaired) electrons. The largest absolute Gasteiger partial charge is 0.281 e. The topological polar surface area (TPSA) is 34.1 Å². The van der Waals surface area contributed by atoms with E-state index in [0.29, 0.717) is 6.42 Å². The van der Waals surface area contributed by atoms with Crippen LogP contribution in [-0.4, -0.2) is 10.5 Å². The molecule has 0 aromatic carbocycles. The van der Waals surface area contributed by atoms with Gasteiger partial charge in [0.2, 0.25) is 10.5 Å². The van der Waals surface area contributed by atoms with Gasteiger partial charge in [-0.05, 0) is 29.6 Å². The van der Waals surface area contributed by atoms with Crippen LogP contribution in [0.1, 0.15) is 58.3 Å². The molecule has 16 heavy (non-hydrogen) atoms. The normalized spacial score (nSPS) is 12.4. The van der Waals surface area contributed by atoms with Crippen molar-refractivity contribution in [2.24, 2.45) is 5.92 Å². The lowest BCUT2D eigenvalue weighted by atomic mass is 9.99. The standard InChI is InChI=1S/C12H20Cl2O2/c1-2-3-4-5-6-7-8-10(12(14)16)9-11(13)15/h10H,2-9H2,1H3. The molecule has 2 nitrogen and oxygen atoms in total. The van der Waals surface area contributed by atoms with E-state index in [4.69, 9.17) is 23.2 Å². The lowest BCUT2D eigenvalue weighted by Gasteiger charge is -2.09. The fraction of sp³-hybridized carbons (Fsp3) is 0.833. The number of carbonyl (C=O) groups is 2. The molecule has 1 unspecified atom stereocenters. The van der Waals surface area contributed by atoms with E-state index in [2.05, 4.69) is 6.92 Å². The Hall–Kier alpha value is -0.0800. The van der Waals surface area contributed by atoms with Gasteiger partial charge in [-0.25, -0.2) is 0 Å². The molecule has 0 aliphatic heterocycles. The quantitative estimate of drug-likeness (QED) is 0.437. The van der Waals surface area contributed by atoms with Crippen LogP contribution in [0, 0.1) is 5.92 Å². The third-order valence-electron chi connectivity index (χ3n) is 2.63. The van der Waals surface area contributed by atoms with Crippen molar-refractivity contribution in [2.45, 2.75) is 58.3 Å².